The van der Waals surface area contributed by atoms with Gasteiger partial charge in [-0.05, 0) is 38.8 Å². The summed E-state index contributed by atoms with van der Waals surface area (Å²) in [6, 6.07) is 7.29. The van der Waals surface area contributed by atoms with Gasteiger partial charge in [-0.3, -0.25) is 4.79 Å². The van der Waals surface area contributed by atoms with Gasteiger partial charge in [0.1, 0.15) is 4.88 Å². The van der Waals surface area contributed by atoms with Crippen LogP contribution in [-0.4, -0.2) is 53.4 Å². The van der Waals surface area contributed by atoms with Gasteiger partial charge in [0.25, 0.3) is 5.91 Å². The van der Waals surface area contributed by atoms with Gasteiger partial charge in [-0.15, -0.1) is 11.3 Å². The van der Waals surface area contributed by atoms with Gasteiger partial charge in [0.2, 0.25) is 0 Å². The quantitative estimate of drug-likeness (QED) is 0.379. The molecule has 1 fully saturated rings. The van der Waals surface area contributed by atoms with E-state index in [1.807, 2.05) is 17.0 Å². The number of likely N-dealkylation sites (tertiary alicyclic amines) is 1. The lowest BCUT2D eigenvalue weighted by atomic mass is 9.93. The zero-order valence-electron chi connectivity index (χ0n) is 17.1. The van der Waals surface area contributed by atoms with E-state index in [9.17, 15) is 9.59 Å². The second-order valence-electron chi connectivity index (χ2n) is 6.78. The van der Waals surface area contributed by atoms with Crippen molar-refractivity contribution < 1.29 is 14.3 Å². The van der Waals surface area contributed by atoms with Crippen molar-refractivity contribution in [2.24, 2.45) is 0 Å². The highest BCUT2D eigenvalue weighted by molar-refractivity contribution is 7.13. The zero-order chi connectivity index (χ0) is 22.1. The number of nitrogen functional groups attached to an aromatic ring is 1. The Kier molecular flexibility index (Phi) is 8.67. The number of carbonyl (C=O) groups excluding carboxylic acids is 2. The van der Waals surface area contributed by atoms with E-state index in [0.29, 0.717) is 29.3 Å². The summed E-state index contributed by atoms with van der Waals surface area (Å²) in [7, 11) is 0. The average Bonchev–Trinajstić information content (AvgIpc) is 3.25. The number of nitrogens with one attached hydrogen (secondary N) is 2. The number of para-hydroxylation sites is 1. The number of carbonyl (C=O) groups is 2. The van der Waals surface area contributed by atoms with Crippen molar-refractivity contribution in [3.63, 3.8) is 0 Å². The van der Waals surface area contributed by atoms with Crippen LogP contribution in [0.1, 0.15) is 57.6 Å². The number of aromatic nitrogens is 1. The van der Waals surface area contributed by atoms with Crippen LogP contribution in [-0.2, 0) is 4.74 Å². The summed E-state index contributed by atoms with van der Waals surface area (Å²) in [5, 5.41) is 13.0. The standard InChI is InChI=1S/C19H23N3O3S.C2H4N2/c1-3-25-19(24)16-10-21-17(26-16)13-9-8-12(2)22(11-13)18(23)14-6-4-5-7-15(14)20;3-1-2-4/h4-7,10,12-13H,3,8-9,11,20H2,1-2H3;1-4H/t12-,13?;/m1./s1. The van der Waals surface area contributed by atoms with Crippen LogP contribution in [0.3, 0.4) is 0 Å². The van der Waals surface area contributed by atoms with E-state index in [1.165, 1.54) is 11.3 Å². The van der Waals surface area contributed by atoms with Crippen LogP contribution < -0.4 is 5.73 Å². The van der Waals surface area contributed by atoms with Gasteiger partial charge >= 0.3 is 5.97 Å². The number of hydrogen-bond donors (Lipinski definition) is 3. The number of anilines is 1. The lowest BCUT2D eigenvalue weighted by Gasteiger charge is -2.37. The SMILES string of the molecule is CCOC(=O)c1cnc(C2CC[C@@H](C)N(C(=O)c3ccccc3N)C2)s1.N=CC=N. The van der Waals surface area contributed by atoms with Crippen molar-refractivity contribution in [1.82, 2.24) is 9.88 Å². The number of ether oxygens (including phenoxy) is 1. The fraction of sp³-hybridized carbons (Fsp3) is 0.381. The lowest BCUT2D eigenvalue weighted by Crippen LogP contribution is -2.45. The average molecular weight is 430 g/mol. The van der Waals surface area contributed by atoms with Gasteiger partial charge in [-0.1, -0.05) is 12.1 Å². The van der Waals surface area contributed by atoms with Crippen LogP contribution >= 0.6 is 11.3 Å². The first-order chi connectivity index (χ1) is 14.4. The molecule has 0 saturated carbocycles. The van der Waals surface area contributed by atoms with E-state index in [1.54, 1.807) is 25.3 Å². The first-order valence-corrected chi connectivity index (χ1v) is 10.5. The molecule has 1 aromatic carbocycles. The molecule has 4 N–H and O–H groups in total. The molecule has 1 amide bonds. The van der Waals surface area contributed by atoms with Crippen LogP contribution in [0.25, 0.3) is 0 Å². The Morgan fingerprint density at radius 1 is 1.30 bits per heavy atom. The number of piperidine rings is 1. The molecule has 2 aromatic rings. The van der Waals surface area contributed by atoms with Crippen molar-refractivity contribution >= 4 is 41.3 Å². The number of nitrogens with zero attached hydrogens (tertiary/aromatic N) is 2. The summed E-state index contributed by atoms with van der Waals surface area (Å²) in [6.07, 6.45) is 5.22. The fourth-order valence-corrected chi connectivity index (χ4v) is 4.15. The van der Waals surface area contributed by atoms with Crippen LogP contribution in [0.2, 0.25) is 0 Å². The second kappa shape index (κ2) is 11.2. The topological polar surface area (TPSA) is 133 Å². The summed E-state index contributed by atoms with van der Waals surface area (Å²) in [5.74, 6) is -0.277. The molecule has 8 nitrogen and oxygen atoms in total. The maximum atomic E-state index is 13.0. The molecule has 1 unspecified atom stereocenters. The number of amides is 1. The van der Waals surface area contributed by atoms with E-state index in [2.05, 4.69) is 11.9 Å². The van der Waals surface area contributed by atoms with Crippen molar-refractivity contribution in [3.05, 3.63) is 45.9 Å². The molecule has 0 bridgehead atoms. The minimum Gasteiger partial charge on any atom is -0.462 e. The number of benzene rings is 1. The molecule has 0 radical (unpaired) electrons. The maximum Gasteiger partial charge on any atom is 0.349 e. The molecule has 9 heteroatoms. The van der Waals surface area contributed by atoms with E-state index in [0.717, 1.165) is 30.3 Å². The number of hydrogen-bond acceptors (Lipinski definition) is 8. The van der Waals surface area contributed by atoms with Gasteiger partial charge in [0.15, 0.2) is 0 Å². The van der Waals surface area contributed by atoms with E-state index in [4.69, 9.17) is 21.3 Å². The Hall–Kier alpha value is -3.07. The molecule has 160 valence electrons. The number of rotatable bonds is 5. The first-order valence-electron chi connectivity index (χ1n) is 9.70. The molecule has 3 rings (SSSR count). The van der Waals surface area contributed by atoms with Gasteiger partial charge < -0.3 is 26.2 Å². The third-order valence-corrected chi connectivity index (χ3v) is 5.91. The third kappa shape index (κ3) is 5.73. The molecule has 1 aromatic heterocycles. The van der Waals surface area contributed by atoms with Gasteiger partial charge in [-0.25, -0.2) is 9.78 Å². The third-order valence-electron chi connectivity index (χ3n) is 4.77. The molecule has 30 heavy (non-hydrogen) atoms. The van der Waals surface area contributed by atoms with E-state index >= 15 is 0 Å². The largest absolute Gasteiger partial charge is 0.462 e. The van der Waals surface area contributed by atoms with Crippen LogP contribution in [0.15, 0.2) is 30.5 Å². The monoisotopic (exact) mass is 429 g/mol. The highest BCUT2D eigenvalue weighted by atomic mass is 32.1. The lowest BCUT2D eigenvalue weighted by molar-refractivity contribution is 0.0531. The maximum absolute atomic E-state index is 13.0. The van der Waals surface area contributed by atoms with Crippen molar-refractivity contribution in [2.75, 3.05) is 18.9 Å². The van der Waals surface area contributed by atoms with Crippen LogP contribution in [0.4, 0.5) is 5.69 Å². The molecule has 1 aliphatic heterocycles. The first kappa shape index (κ1) is 23.2. The Labute approximate surface area is 180 Å². The smallest absolute Gasteiger partial charge is 0.349 e. The van der Waals surface area contributed by atoms with Gasteiger partial charge in [0, 0.05) is 36.6 Å². The fourth-order valence-electron chi connectivity index (χ4n) is 3.21. The summed E-state index contributed by atoms with van der Waals surface area (Å²) in [6.45, 7) is 4.75. The van der Waals surface area contributed by atoms with Crippen molar-refractivity contribution in [3.8, 4) is 0 Å². The zero-order valence-corrected chi connectivity index (χ0v) is 17.9. The van der Waals surface area contributed by atoms with Crippen LogP contribution in [0.5, 0.6) is 0 Å². The molecule has 2 atom stereocenters. The van der Waals surface area contributed by atoms with Gasteiger partial charge in [0.05, 0.1) is 23.4 Å². The summed E-state index contributed by atoms with van der Waals surface area (Å²) in [5.41, 5.74) is 7.00. The highest BCUT2D eigenvalue weighted by Crippen LogP contribution is 2.33. The number of nitrogens with two attached hydrogens (primary N) is 1. The molecular formula is C21H27N5O3S. The number of esters is 1. The van der Waals surface area contributed by atoms with Gasteiger partial charge in [-0.2, -0.15) is 0 Å². The van der Waals surface area contributed by atoms with Crippen molar-refractivity contribution in [1.29, 1.82) is 10.8 Å². The normalized spacial score (nSPS) is 18.0. The summed E-state index contributed by atoms with van der Waals surface area (Å²) < 4.78 is 5.03. The Bertz CT molecular complexity index is 892. The molecule has 0 spiro atoms. The molecule has 1 aliphatic rings. The van der Waals surface area contributed by atoms with Crippen LogP contribution in [0, 0.1) is 10.8 Å². The predicted molar refractivity (Wildman–Crippen MR) is 119 cm³/mol. The Balaban J connectivity index is 0.000000735. The molecule has 2 heterocycles. The molecule has 1 saturated heterocycles. The highest BCUT2D eigenvalue weighted by Gasteiger charge is 2.32. The summed E-state index contributed by atoms with van der Waals surface area (Å²) in [4.78, 5) is 31.6. The summed E-state index contributed by atoms with van der Waals surface area (Å²) >= 11 is 1.35. The second-order valence-corrected chi connectivity index (χ2v) is 7.85. The van der Waals surface area contributed by atoms with E-state index in [-0.39, 0.29) is 23.8 Å². The molecule has 0 aliphatic carbocycles. The Morgan fingerprint density at radius 2 is 2.00 bits per heavy atom. The van der Waals surface area contributed by atoms with Crippen molar-refractivity contribution in [2.45, 2.75) is 38.6 Å². The minimum absolute atomic E-state index is 0.0533. The van der Waals surface area contributed by atoms with E-state index < -0.39 is 0 Å². The predicted octanol–water partition coefficient (Wildman–Crippen LogP) is 3.60. The molecular weight excluding hydrogens is 402 g/mol. The Morgan fingerprint density at radius 3 is 2.63 bits per heavy atom. The number of thiazole rings is 1. The minimum atomic E-state index is -0.342.